The van der Waals surface area contributed by atoms with E-state index < -0.39 is 0 Å². The summed E-state index contributed by atoms with van der Waals surface area (Å²) in [5.74, 6) is 0.159. The summed E-state index contributed by atoms with van der Waals surface area (Å²) in [6.07, 6.45) is 4.28. The van der Waals surface area contributed by atoms with Gasteiger partial charge in [0.15, 0.2) is 0 Å². The molecule has 0 amide bonds. The molecule has 2 fully saturated rings. The summed E-state index contributed by atoms with van der Waals surface area (Å²) in [5, 5.41) is 0. The van der Waals surface area contributed by atoms with Crippen LogP contribution in [0.1, 0.15) is 41.9 Å². The second-order valence-electron chi connectivity index (χ2n) is 7.76. The Morgan fingerprint density at radius 3 is 2.42 bits per heavy atom. The van der Waals surface area contributed by atoms with Crippen molar-refractivity contribution in [2.75, 3.05) is 14.2 Å². The van der Waals surface area contributed by atoms with Crippen LogP contribution in [0.15, 0.2) is 54.6 Å². The average molecular weight is 349 g/mol. The number of rotatable bonds is 4. The molecule has 26 heavy (non-hydrogen) atoms. The highest BCUT2D eigenvalue weighted by molar-refractivity contribution is 5.75. The van der Waals surface area contributed by atoms with Gasteiger partial charge in [-0.1, -0.05) is 54.6 Å². The van der Waals surface area contributed by atoms with Gasteiger partial charge in [-0.2, -0.15) is 0 Å². The van der Waals surface area contributed by atoms with Crippen LogP contribution < -0.4 is 0 Å². The van der Waals surface area contributed by atoms with Gasteiger partial charge in [-0.15, -0.1) is 0 Å². The van der Waals surface area contributed by atoms with E-state index in [1.807, 2.05) is 6.07 Å². The fourth-order valence-electron chi connectivity index (χ4n) is 4.98. The Morgan fingerprint density at radius 2 is 1.73 bits per heavy atom. The van der Waals surface area contributed by atoms with Gasteiger partial charge in [0, 0.05) is 18.0 Å². The molecule has 4 atom stereocenters. The van der Waals surface area contributed by atoms with Crippen molar-refractivity contribution < 1.29 is 9.53 Å². The molecule has 0 radical (unpaired) electrons. The van der Waals surface area contributed by atoms with Crippen LogP contribution in [0.2, 0.25) is 0 Å². The molecular weight excluding hydrogens is 322 g/mol. The van der Waals surface area contributed by atoms with E-state index in [-0.39, 0.29) is 17.8 Å². The Kier molecular flexibility index (Phi) is 4.82. The lowest BCUT2D eigenvalue weighted by Gasteiger charge is -2.41. The maximum atomic E-state index is 12.5. The summed E-state index contributed by atoms with van der Waals surface area (Å²) < 4.78 is 5.18. The third kappa shape index (κ3) is 3.16. The Labute approximate surface area is 156 Å². The van der Waals surface area contributed by atoms with Gasteiger partial charge in [0.2, 0.25) is 0 Å². The molecule has 0 saturated carbocycles. The summed E-state index contributed by atoms with van der Waals surface area (Å²) in [4.78, 5) is 14.9. The van der Waals surface area contributed by atoms with E-state index in [2.05, 4.69) is 60.5 Å². The van der Waals surface area contributed by atoms with Crippen LogP contribution >= 0.6 is 0 Å². The van der Waals surface area contributed by atoms with E-state index in [0.29, 0.717) is 12.1 Å². The third-order valence-electron chi connectivity index (χ3n) is 6.40. The number of methoxy groups -OCH3 is 1. The van der Waals surface area contributed by atoms with E-state index in [0.717, 1.165) is 19.3 Å². The Bertz CT molecular complexity index is 756. The molecule has 2 aromatic rings. The molecule has 0 spiro atoms. The number of benzene rings is 2. The minimum atomic E-state index is -0.0550. The lowest BCUT2D eigenvalue weighted by atomic mass is 9.76. The molecule has 2 bridgehead atoms. The first-order valence-corrected chi connectivity index (χ1v) is 9.60. The molecule has 3 nitrogen and oxygen atoms in total. The number of fused-ring (bicyclic) bond motifs is 2. The van der Waals surface area contributed by atoms with Crippen molar-refractivity contribution in [1.29, 1.82) is 0 Å². The van der Waals surface area contributed by atoms with Crippen molar-refractivity contribution in [3.8, 4) is 0 Å². The van der Waals surface area contributed by atoms with E-state index in [4.69, 9.17) is 4.74 Å². The minimum Gasteiger partial charge on any atom is -0.469 e. The monoisotopic (exact) mass is 349 g/mol. The molecule has 136 valence electrons. The Morgan fingerprint density at radius 1 is 1.04 bits per heavy atom. The smallest absolute Gasteiger partial charge is 0.310 e. The van der Waals surface area contributed by atoms with Crippen LogP contribution in [0.3, 0.4) is 0 Å². The van der Waals surface area contributed by atoms with Crippen molar-refractivity contribution in [3.63, 3.8) is 0 Å². The molecule has 2 unspecified atom stereocenters. The fourth-order valence-corrected chi connectivity index (χ4v) is 4.98. The number of ether oxygens (including phenoxy) is 1. The summed E-state index contributed by atoms with van der Waals surface area (Å²) in [6.45, 7) is 0. The van der Waals surface area contributed by atoms with Crippen molar-refractivity contribution in [3.05, 3.63) is 71.3 Å². The highest BCUT2D eigenvalue weighted by atomic mass is 16.5. The predicted molar refractivity (Wildman–Crippen MR) is 103 cm³/mol. The highest BCUT2D eigenvalue weighted by Gasteiger charge is 2.49. The van der Waals surface area contributed by atoms with Crippen LogP contribution in [0, 0.1) is 5.92 Å². The van der Waals surface area contributed by atoms with Crippen LogP contribution in [0.25, 0.3) is 0 Å². The summed E-state index contributed by atoms with van der Waals surface area (Å²) in [7, 11) is 3.68. The molecule has 0 N–H and O–H groups in total. The topological polar surface area (TPSA) is 29.5 Å². The number of carbonyl (C=O) groups is 1. The van der Waals surface area contributed by atoms with E-state index >= 15 is 0 Å². The molecule has 2 heterocycles. The van der Waals surface area contributed by atoms with Crippen molar-refractivity contribution in [2.24, 2.45) is 5.92 Å². The van der Waals surface area contributed by atoms with Crippen LogP contribution in [0.4, 0.5) is 0 Å². The lowest BCUT2D eigenvalue weighted by Crippen LogP contribution is -2.49. The largest absolute Gasteiger partial charge is 0.469 e. The zero-order chi connectivity index (χ0) is 18.1. The lowest BCUT2D eigenvalue weighted by molar-refractivity contribution is -0.150. The maximum absolute atomic E-state index is 12.5. The molecule has 2 aromatic carbocycles. The first kappa shape index (κ1) is 17.3. The summed E-state index contributed by atoms with van der Waals surface area (Å²) in [6, 6.07) is 20.3. The van der Waals surface area contributed by atoms with Gasteiger partial charge in [0.25, 0.3) is 0 Å². The SMILES string of the molecule is COC(=O)C1[C@@H](c2ccc(Cc3ccccc3)cc2)CC2CC[C@H]1N2C. The number of hydrogen-bond acceptors (Lipinski definition) is 3. The number of esters is 1. The Hall–Kier alpha value is -2.13. The molecule has 0 aliphatic carbocycles. The van der Waals surface area contributed by atoms with Gasteiger partial charge in [-0.3, -0.25) is 9.69 Å². The van der Waals surface area contributed by atoms with Gasteiger partial charge in [0.1, 0.15) is 0 Å². The normalized spacial score (nSPS) is 28.1. The molecule has 3 heteroatoms. The van der Waals surface area contributed by atoms with Crippen molar-refractivity contribution >= 4 is 5.97 Å². The van der Waals surface area contributed by atoms with Crippen molar-refractivity contribution in [2.45, 2.75) is 43.7 Å². The summed E-state index contributed by atoms with van der Waals surface area (Å²) in [5.41, 5.74) is 3.91. The fraction of sp³-hybridized carbons (Fsp3) is 0.435. The first-order valence-electron chi connectivity index (χ1n) is 9.60. The minimum absolute atomic E-state index is 0.0521. The van der Waals surface area contributed by atoms with Crippen LogP contribution in [-0.2, 0) is 16.0 Å². The summed E-state index contributed by atoms with van der Waals surface area (Å²) >= 11 is 0. The van der Waals surface area contributed by atoms with Gasteiger partial charge >= 0.3 is 5.97 Å². The highest BCUT2D eigenvalue weighted by Crippen LogP contribution is 2.46. The zero-order valence-corrected chi connectivity index (χ0v) is 15.6. The second kappa shape index (κ2) is 7.24. The van der Waals surface area contributed by atoms with Gasteiger partial charge in [0.05, 0.1) is 13.0 Å². The molecule has 2 aliphatic rings. The van der Waals surface area contributed by atoms with Gasteiger partial charge in [-0.25, -0.2) is 0 Å². The molecule has 4 rings (SSSR count). The number of nitrogens with zero attached hydrogens (tertiary/aromatic N) is 1. The predicted octanol–water partition coefficient (Wildman–Crippen LogP) is 4.02. The quantitative estimate of drug-likeness (QED) is 0.781. The van der Waals surface area contributed by atoms with Crippen molar-refractivity contribution in [1.82, 2.24) is 4.90 Å². The van der Waals surface area contributed by atoms with E-state index in [9.17, 15) is 4.79 Å². The van der Waals surface area contributed by atoms with Crippen LogP contribution in [-0.4, -0.2) is 37.1 Å². The van der Waals surface area contributed by atoms with E-state index in [1.165, 1.54) is 30.2 Å². The first-order chi connectivity index (χ1) is 12.7. The zero-order valence-electron chi connectivity index (χ0n) is 15.6. The molecule has 2 aliphatic heterocycles. The molecule has 0 aromatic heterocycles. The maximum Gasteiger partial charge on any atom is 0.310 e. The third-order valence-corrected chi connectivity index (χ3v) is 6.40. The van der Waals surface area contributed by atoms with Gasteiger partial charge in [-0.05, 0) is 49.4 Å². The molecule has 2 saturated heterocycles. The Balaban J connectivity index is 1.56. The number of carbonyl (C=O) groups excluding carboxylic acids is 1. The standard InChI is InChI=1S/C23H27NO2/c1-24-19-12-13-21(24)22(23(25)26-2)20(15-19)18-10-8-17(9-11-18)14-16-6-4-3-5-7-16/h3-11,19-22H,12-15H2,1-2H3/t19?,20-,21-,22?/m1/s1. The molecular formula is C23H27NO2. The second-order valence-corrected chi connectivity index (χ2v) is 7.76. The number of hydrogen-bond donors (Lipinski definition) is 0. The average Bonchev–Trinajstić information content (AvgIpc) is 2.91. The number of piperidine rings is 1. The van der Waals surface area contributed by atoms with E-state index in [1.54, 1.807) is 0 Å². The van der Waals surface area contributed by atoms with Gasteiger partial charge < -0.3 is 4.74 Å². The van der Waals surface area contributed by atoms with Crippen LogP contribution in [0.5, 0.6) is 0 Å².